The van der Waals surface area contributed by atoms with Crippen LogP contribution in [0.25, 0.3) is 0 Å². The van der Waals surface area contributed by atoms with Gasteiger partial charge in [-0.1, -0.05) is 31.2 Å². The van der Waals surface area contributed by atoms with Crippen molar-refractivity contribution in [3.63, 3.8) is 0 Å². The third-order valence-corrected chi connectivity index (χ3v) is 2.02. The van der Waals surface area contributed by atoms with E-state index in [2.05, 4.69) is 19.1 Å². The molecular formula is C11H13N. The first-order valence-corrected chi connectivity index (χ1v) is 4.19. The zero-order valence-electron chi connectivity index (χ0n) is 7.54. The summed E-state index contributed by atoms with van der Waals surface area (Å²) in [5.74, 6) is 0.540. The van der Waals surface area contributed by atoms with Gasteiger partial charge in [-0.2, -0.15) is 5.26 Å². The van der Waals surface area contributed by atoms with Crippen molar-refractivity contribution in [3.8, 4) is 6.07 Å². The average molecular weight is 159 g/mol. The summed E-state index contributed by atoms with van der Waals surface area (Å²) in [6.07, 6.45) is 9.16. The lowest BCUT2D eigenvalue weighted by Gasteiger charge is -2.05. The van der Waals surface area contributed by atoms with Crippen LogP contribution >= 0.6 is 0 Å². The highest BCUT2D eigenvalue weighted by Gasteiger charge is 2.01. The molecule has 1 heteroatoms. The first kappa shape index (κ1) is 8.80. The molecule has 62 valence electrons. The molecule has 0 heterocycles. The molecule has 0 aromatic rings. The third-order valence-electron chi connectivity index (χ3n) is 2.02. The normalized spacial score (nSPS) is 34.6. The van der Waals surface area contributed by atoms with Gasteiger partial charge in [-0.3, -0.25) is 0 Å². The Morgan fingerprint density at radius 1 is 1.58 bits per heavy atom. The Kier molecular flexibility index (Phi) is 2.88. The van der Waals surface area contributed by atoms with Gasteiger partial charge in [-0.25, -0.2) is 0 Å². The van der Waals surface area contributed by atoms with E-state index in [0.717, 1.165) is 17.6 Å². The van der Waals surface area contributed by atoms with Gasteiger partial charge in [0, 0.05) is 0 Å². The van der Waals surface area contributed by atoms with Gasteiger partial charge in [0.05, 0.1) is 11.6 Å². The summed E-state index contributed by atoms with van der Waals surface area (Å²) in [7, 11) is 0. The highest BCUT2D eigenvalue weighted by Crippen LogP contribution is 2.16. The van der Waals surface area contributed by atoms with Crippen molar-refractivity contribution in [2.45, 2.75) is 20.3 Å². The molecule has 12 heavy (non-hydrogen) atoms. The molecule has 0 fully saturated rings. The van der Waals surface area contributed by atoms with E-state index in [1.165, 1.54) is 0 Å². The van der Waals surface area contributed by atoms with Crippen molar-refractivity contribution in [2.24, 2.45) is 5.92 Å². The second kappa shape index (κ2) is 3.92. The first-order chi connectivity index (χ1) is 5.74. The molecule has 0 amide bonds. The van der Waals surface area contributed by atoms with Crippen LogP contribution in [0.4, 0.5) is 0 Å². The van der Waals surface area contributed by atoms with Crippen molar-refractivity contribution in [3.05, 3.63) is 35.5 Å². The van der Waals surface area contributed by atoms with Gasteiger partial charge in [-0.15, -0.1) is 0 Å². The van der Waals surface area contributed by atoms with Crippen LogP contribution in [0, 0.1) is 17.2 Å². The largest absolute Gasteiger partial charge is 0.192 e. The van der Waals surface area contributed by atoms with E-state index in [4.69, 9.17) is 5.26 Å². The second-order valence-electron chi connectivity index (χ2n) is 3.18. The molecule has 0 radical (unpaired) electrons. The number of nitriles is 1. The fourth-order valence-electron chi connectivity index (χ4n) is 1.16. The Morgan fingerprint density at radius 3 is 3.00 bits per heavy atom. The van der Waals surface area contributed by atoms with Crippen LogP contribution in [-0.4, -0.2) is 0 Å². The van der Waals surface area contributed by atoms with Gasteiger partial charge in [0.25, 0.3) is 0 Å². The van der Waals surface area contributed by atoms with Crippen LogP contribution in [-0.2, 0) is 0 Å². The monoisotopic (exact) mass is 159 g/mol. The maximum atomic E-state index is 8.78. The first-order valence-electron chi connectivity index (χ1n) is 4.19. The zero-order chi connectivity index (χ0) is 8.97. The Morgan fingerprint density at radius 2 is 2.33 bits per heavy atom. The van der Waals surface area contributed by atoms with Crippen LogP contribution in [0.5, 0.6) is 0 Å². The lowest BCUT2D eigenvalue weighted by molar-refractivity contribution is 0.741. The smallest absolute Gasteiger partial charge is 0.0991 e. The van der Waals surface area contributed by atoms with Gasteiger partial charge in [0.2, 0.25) is 0 Å². The fraction of sp³-hybridized carbons (Fsp3) is 0.364. The molecular weight excluding hydrogens is 146 g/mol. The predicted molar refractivity (Wildman–Crippen MR) is 50.4 cm³/mol. The van der Waals surface area contributed by atoms with Crippen LogP contribution < -0.4 is 0 Å². The minimum atomic E-state index is 0.540. The lowest BCUT2D eigenvalue weighted by atomic mass is 9.99. The van der Waals surface area contributed by atoms with E-state index < -0.39 is 0 Å². The molecule has 0 aliphatic heterocycles. The van der Waals surface area contributed by atoms with Gasteiger partial charge in [-0.05, 0) is 24.8 Å². The molecule has 1 unspecified atom stereocenters. The molecule has 0 N–H and O–H groups in total. The second-order valence-corrected chi connectivity index (χ2v) is 3.18. The van der Waals surface area contributed by atoms with Crippen LogP contribution in [0.3, 0.4) is 0 Å². The van der Waals surface area contributed by atoms with E-state index in [0.29, 0.717) is 5.92 Å². The molecule has 0 saturated carbocycles. The Hall–Kier alpha value is -1.29. The summed E-state index contributed by atoms with van der Waals surface area (Å²) in [5, 5.41) is 8.78. The quantitative estimate of drug-likeness (QED) is 0.533. The molecule has 0 aromatic heterocycles. The van der Waals surface area contributed by atoms with Crippen LogP contribution in [0.1, 0.15) is 20.3 Å². The SMILES string of the molecule is CC1=C/C=C\C(C)C\C=C\1C#N. The van der Waals surface area contributed by atoms with Gasteiger partial charge < -0.3 is 0 Å². The number of nitrogens with zero attached hydrogens (tertiary/aromatic N) is 1. The summed E-state index contributed by atoms with van der Waals surface area (Å²) in [5.41, 5.74) is 1.87. The van der Waals surface area contributed by atoms with E-state index in [-0.39, 0.29) is 0 Å². The standard InChI is InChI=1S/C11H13N/c1-9-4-3-5-10(2)11(8-12)7-6-9/h3-5,7,9H,6H2,1-2H3/b4-3-,10-5-,11-7+. The maximum Gasteiger partial charge on any atom is 0.0991 e. The van der Waals surface area contributed by atoms with Crippen LogP contribution in [0.2, 0.25) is 0 Å². The summed E-state index contributed by atoms with van der Waals surface area (Å²) in [6, 6.07) is 2.20. The number of allylic oxidation sites excluding steroid dienone is 6. The highest BCUT2D eigenvalue weighted by atomic mass is 14.2. The van der Waals surface area contributed by atoms with E-state index in [1.807, 2.05) is 25.2 Å². The zero-order valence-corrected chi connectivity index (χ0v) is 7.54. The number of hydrogen-bond acceptors (Lipinski definition) is 1. The van der Waals surface area contributed by atoms with Crippen molar-refractivity contribution < 1.29 is 0 Å². The summed E-state index contributed by atoms with van der Waals surface area (Å²) in [4.78, 5) is 0. The van der Waals surface area contributed by atoms with Crippen molar-refractivity contribution >= 4 is 0 Å². The Balaban J connectivity index is 2.95. The summed E-state index contributed by atoms with van der Waals surface area (Å²) in [6.45, 7) is 4.12. The third kappa shape index (κ3) is 2.10. The van der Waals surface area contributed by atoms with E-state index >= 15 is 0 Å². The van der Waals surface area contributed by atoms with E-state index in [1.54, 1.807) is 0 Å². The number of rotatable bonds is 0. The molecule has 0 bridgehead atoms. The Labute approximate surface area is 73.7 Å². The topological polar surface area (TPSA) is 23.8 Å². The molecule has 1 aliphatic carbocycles. The minimum absolute atomic E-state index is 0.540. The minimum Gasteiger partial charge on any atom is -0.192 e. The predicted octanol–water partition coefficient (Wildman–Crippen LogP) is 2.98. The number of hydrogen-bond donors (Lipinski definition) is 0. The fourth-order valence-corrected chi connectivity index (χ4v) is 1.16. The van der Waals surface area contributed by atoms with Gasteiger partial charge in [0.15, 0.2) is 0 Å². The lowest BCUT2D eigenvalue weighted by Crippen LogP contribution is -1.91. The maximum absolute atomic E-state index is 8.78. The summed E-state index contributed by atoms with van der Waals surface area (Å²) >= 11 is 0. The molecule has 0 aromatic carbocycles. The van der Waals surface area contributed by atoms with Crippen LogP contribution in [0.15, 0.2) is 35.5 Å². The molecule has 0 spiro atoms. The molecule has 1 rings (SSSR count). The van der Waals surface area contributed by atoms with Gasteiger partial charge in [0.1, 0.15) is 0 Å². The highest BCUT2D eigenvalue weighted by molar-refractivity contribution is 5.42. The van der Waals surface area contributed by atoms with Crippen molar-refractivity contribution in [1.82, 2.24) is 0 Å². The van der Waals surface area contributed by atoms with E-state index in [9.17, 15) is 0 Å². The molecule has 1 aliphatic rings. The molecule has 1 atom stereocenters. The summed E-state index contributed by atoms with van der Waals surface area (Å²) < 4.78 is 0. The Bertz CT molecular complexity index is 287. The van der Waals surface area contributed by atoms with Gasteiger partial charge >= 0.3 is 0 Å². The molecule has 1 nitrogen and oxygen atoms in total. The average Bonchev–Trinajstić information content (AvgIpc) is 2.03. The van der Waals surface area contributed by atoms with Crippen molar-refractivity contribution in [1.29, 1.82) is 5.26 Å². The van der Waals surface area contributed by atoms with Crippen molar-refractivity contribution in [2.75, 3.05) is 0 Å². The molecule has 0 saturated heterocycles.